The molecule has 2 saturated carbocycles. The van der Waals surface area contributed by atoms with Crippen molar-refractivity contribution in [2.45, 2.75) is 69.4 Å². The molecule has 19 heavy (non-hydrogen) atoms. The molecule has 0 radical (unpaired) electrons. The number of aliphatic carboxylic acids is 1. The van der Waals surface area contributed by atoms with Crippen LogP contribution in [0.15, 0.2) is 0 Å². The van der Waals surface area contributed by atoms with Crippen LogP contribution in [0.1, 0.15) is 57.8 Å². The normalized spacial score (nSPS) is 36.1. The van der Waals surface area contributed by atoms with Gasteiger partial charge in [-0.2, -0.15) is 0 Å². The molecule has 1 saturated heterocycles. The van der Waals surface area contributed by atoms with Crippen molar-refractivity contribution in [3.63, 3.8) is 0 Å². The maximum Gasteiger partial charge on any atom is 0.325 e. The third-order valence-electron chi connectivity index (χ3n) is 5.95. The molecule has 4 heteroatoms. The molecule has 1 unspecified atom stereocenters. The second-order valence-electron chi connectivity index (χ2n) is 7.12. The molecular weight excluding hydrogens is 240 g/mol. The summed E-state index contributed by atoms with van der Waals surface area (Å²) in [6.07, 6.45) is 11.5. The van der Waals surface area contributed by atoms with Crippen LogP contribution in [-0.2, 0) is 4.79 Å². The van der Waals surface area contributed by atoms with E-state index >= 15 is 0 Å². The molecule has 1 aliphatic heterocycles. The fourth-order valence-corrected chi connectivity index (χ4v) is 4.55. The van der Waals surface area contributed by atoms with Crippen LogP contribution in [0.25, 0.3) is 0 Å². The van der Waals surface area contributed by atoms with Crippen LogP contribution < -0.4 is 5.73 Å². The Morgan fingerprint density at radius 2 is 1.74 bits per heavy atom. The van der Waals surface area contributed by atoms with Gasteiger partial charge >= 0.3 is 5.97 Å². The first-order chi connectivity index (χ1) is 9.03. The van der Waals surface area contributed by atoms with Crippen LogP contribution >= 0.6 is 0 Å². The van der Waals surface area contributed by atoms with Gasteiger partial charge in [0.05, 0.1) is 0 Å². The summed E-state index contributed by atoms with van der Waals surface area (Å²) in [6.45, 7) is 1.40. The minimum absolute atomic E-state index is 0.542. The third kappa shape index (κ3) is 2.40. The molecule has 0 amide bonds. The van der Waals surface area contributed by atoms with Gasteiger partial charge in [0, 0.05) is 19.1 Å². The van der Waals surface area contributed by atoms with Crippen molar-refractivity contribution in [3.8, 4) is 0 Å². The zero-order valence-corrected chi connectivity index (χ0v) is 11.7. The molecule has 0 aromatic carbocycles. The Labute approximate surface area is 115 Å². The molecule has 0 aromatic rings. The molecule has 3 aliphatic rings. The zero-order valence-electron chi connectivity index (χ0n) is 11.7. The number of carbonyl (C=O) groups is 1. The number of nitrogens with two attached hydrogens (primary N) is 1. The first-order valence-corrected chi connectivity index (χ1v) is 7.79. The van der Waals surface area contributed by atoms with Crippen molar-refractivity contribution >= 4 is 5.97 Å². The van der Waals surface area contributed by atoms with Crippen molar-refractivity contribution in [1.82, 2.24) is 4.90 Å². The highest BCUT2D eigenvalue weighted by Crippen LogP contribution is 2.49. The van der Waals surface area contributed by atoms with Crippen molar-refractivity contribution in [2.75, 3.05) is 13.1 Å². The number of nitrogens with zero attached hydrogens (tertiary/aromatic N) is 1. The molecule has 0 bridgehead atoms. The van der Waals surface area contributed by atoms with E-state index in [4.69, 9.17) is 5.73 Å². The van der Waals surface area contributed by atoms with E-state index in [9.17, 15) is 9.90 Å². The van der Waals surface area contributed by atoms with Gasteiger partial charge in [-0.05, 0) is 50.4 Å². The summed E-state index contributed by atoms with van der Waals surface area (Å²) in [4.78, 5) is 13.5. The van der Waals surface area contributed by atoms with E-state index in [-0.39, 0.29) is 0 Å². The lowest BCUT2D eigenvalue weighted by Gasteiger charge is -2.41. The maximum atomic E-state index is 11.2. The van der Waals surface area contributed by atoms with E-state index in [0.29, 0.717) is 24.4 Å². The minimum Gasteiger partial charge on any atom is -0.480 e. The van der Waals surface area contributed by atoms with Crippen molar-refractivity contribution in [2.24, 2.45) is 11.1 Å². The van der Waals surface area contributed by atoms with Gasteiger partial charge in [0.1, 0.15) is 5.54 Å². The van der Waals surface area contributed by atoms with E-state index in [0.717, 1.165) is 6.54 Å². The SMILES string of the molecule is NC1(C(=O)O)CCN(C2CCC3(CCCC3)CC2)C1. The summed E-state index contributed by atoms with van der Waals surface area (Å²) in [6, 6.07) is 0.580. The van der Waals surface area contributed by atoms with Gasteiger partial charge in [-0.3, -0.25) is 9.69 Å². The van der Waals surface area contributed by atoms with E-state index in [1.165, 1.54) is 51.4 Å². The molecule has 4 nitrogen and oxygen atoms in total. The van der Waals surface area contributed by atoms with Crippen LogP contribution in [0.2, 0.25) is 0 Å². The molecular formula is C15H26N2O2. The Morgan fingerprint density at radius 1 is 1.11 bits per heavy atom. The Balaban J connectivity index is 1.56. The maximum absolute atomic E-state index is 11.2. The molecule has 1 heterocycles. The Kier molecular flexibility index (Phi) is 3.34. The largest absolute Gasteiger partial charge is 0.480 e. The summed E-state index contributed by atoms with van der Waals surface area (Å²) < 4.78 is 0. The van der Waals surface area contributed by atoms with E-state index < -0.39 is 11.5 Å². The van der Waals surface area contributed by atoms with Crippen LogP contribution in [0, 0.1) is 5.41 Å². The van der Waals surface area contributed by atoms with E-state index in [1.54, 1.807) is 0 Å². The smallest absolute Gasteiger partial charge is 0.325 e. The summed E-state index contributed by atoms with van der Waals surface area (Å²) >= 11 is 0. The standard InChI is InChI=1S/C15H26N2O2/c16-15(13(18)19)9-10-17(11-15)12-3-7-14(8-4-12)5-1-2-6-14/h12H,1-11,16H2,(H,18,19). The number of likely N-dealkylation sites (tertiary alicyclic amines) is 1. The van der Waals surface area contributed by atoms with Crippen LogP contribution in [0.4, 0.5) is 0 Å². The molecule has 3 N–H and O–H groups in total. The van der Waals surface area contributed by atoms with Gasteiger partial charge in [-0.15, -0.1) is 0 Å². The van der Waals surface area contributed by atoms with Gasteiger partial charge < -0.3 is 10.8 Å². The van der Waals surface area contributed by atoms with Crippen LogP contribution in [0.5, 0.6) is 0 Å². The third-order valence-corrected chi connectivity index (χ3v) is 5.95. The molecule has 3 rings (SSSR count). The summed E-state index contributed by atoms with van der Waals surface area (Å²) in [5, 5.41) is 9.20. The monoisotopic (exact) mass is 266 g/mol. The Hall–Kier alpha value is -0.610. The molecule has 3 fully saturated rings. The van der Waals surface area contributed by atoms with Crippen LogP contribution in [-0.4, -0.2) is 40.6 Å². The van der Waals surface area contributed by atoms with Crippen LogP contribution in [0.3, 0.4) is 0 Å². The van der Waals surface area contributed by atoms with Crippen molar-refractivity contribution < 1.29 is 9.90 Å². The predicted octanol–water partition coefficient (Wildman–Crippen LogP) is 1.98. The van der Waals surface area contributed by atoms with Gasteiger partial charge in [0.25, 0.3) is 0 Å². The number of carboxylic acids is 1. The topological polar surface area (TPSA) is 66.6 Å². The molecule has 108 valence electrons. The molecule has 1 atom stereocenters. The van der Waals surface area contributed by atoms with Gasteiger partial charge in [0.15, 0.2) is 0 Å². The second-order valence-corrected chi connectivity index (χ2v) is 7.12. The summed E-state index contributed by atoms with van der Waals surface area (Å²) in [5.41, 5.74) is 5.63. The van der Waals surface area contributed by atoms with Gasteiger partial charge in [-0.1, -0.05) is 12.8 Å². The number of hydrogen-bond donors (Lipinski definition) is 2. The van der Waals surface area contributed by atoms with Gasteiger partial charge in [-0.25, -0.2) is 0 Å². The average Bonchev–Trinajstić information content (AvgIpc) is 2.99. The second kappa shape index (κ2) is 4.74. The molecule has 0 aromatic heterocycles. The fraction of sp³-hybridized carbons (Fsp3) is 0.933. The highest BCUT2D eigenvalue weighted by Gasteiger charge is 2.45. The van der Waals surface area contributed by atoms with Crippen molar-refractivity contribution in [3.05, 3.63) is 0 Å². The molecule has 2 aliphatic carbocycles. The van der Waals surface area contributed by atoms with Crippen molar-refractivity contribution in [1.29, 1.82) is 0 Å². The highest BCUT2D eigenvalue weighted by molar-refractivity contribution is 5.79. The number of hydrogen-bond acceptors (Lipinski definition) is 3. The van der Waals surface area contributed by atoms with Gasteiger partial charge in [0.2, 0.25) is 0 Å². The first kappa shape index (κ1) is 13.4. The number of rotatable bonds is 2. The fourth-order valence-electron chi connectivity index (χ4n) is 4.55. The lowest BCUT2D eigenvalue weighted by Crippen LogP contribution is -2.51. The first-order valence-electron chi connectivity index (χ1n) is 7.79. The summed E-state index contributed by atoms with van der Waals surface area (Å²) in [7, 11) is 0. The Morgan fingerprint density at radius 3 is 2.26 bits per heavy atom. The quantitative estimate of drug-likeness (QED) is 0.802. The number of carboxylic acid groups (broad SMARTS) is 1. The Bertz CT molecular complexity index is 355. The highest BCUT2D eigenvalue weighted by atomic mass is 16.4. The lowest BCUT2D eigenvalue weighted by atomic mass is 9.71. The molecule has 1 spiro atoms. The zero-order chi connectivity index (χ0) is 13.5. The van der Waals surface area contributed by atoms with E-state index in [2.05, 4.69) is 4.90 Å². The van der Waals surface area contributed by atoms with E-state index in [1.807, 2.05) is 0 Å². The predicted molar refractivity (Wildman–Crippen MR) is 73.9 cm³/mol. The lowest BCUT2D eigenvalue weighted by molar-refractivity contribution is -0.142. The average molecular weight is 266 g/mol. The summed E-state index contributed by atoms with van der Waals surface area (Å²) in [5.74, 6) is -0.835. The minimum atomic E-state index is -0.998.